The highest BCUT2D eigenvalue weighted by Crippen LogP contribution is 2.30. The number of rotatable bonds is 4. The molecule has 0 spiro atoms. The number of carbonyl (C=O) groups excluding carboxylic acids is 1. The molecule has 122 valence electrons. The fourth-order valence-corrected chi connectivity index (χ4v) is 2.81. The van der Waals surface area contributed by atoms with Gasteiger partial charge in [-0.15, -0.1) is 0 Å². The van der Waals surface area contributed by atoms with Gasteiger partial charge in [0, 0.05) is 6.54 Å². The second-order valence-corrected chi connectivity index (χ2v) is 5.82. The van der Waals surface area contributed by atoms with E-state index in [-0.39, 0.29) is 29.3 Å². The van der Waals surface area contributed by atoms with Crippen molar-refractivity contribution < 1.29 is 13.9 Å². The minimum atomic E-state index is -0.642. The van der Waals surface area contributed by atoms with E-state index in [0.29, 0.717) is 5.82 Å². The summed E-state index contributed by atoms with van der Waals surface area (Å²) in [5.41, 5.74) is -0.145. The third-order valence-electron chi connectivity index (χ3n) is 3.69. The number of nitrogens with one attached hydrogen (secondary N) is 2. The average molecular weight is 339 g/mol. The number of aryl methyl sites for hydroxylation is 1. The summed E-state index contributed by atoms with van der Waals surface area (Å²) in [4.78, 5) is 16.3. The predicted molar refractivity (Wildman–Crippen MR) is 81.7 cm³/mol. The van der Waals surface area contributed by atoms with Crippen molar-refractivity contribution in [2.24, 2.45) is 0 Å². The van der Waals surface area contributed by atoms with Crippen LogP contribution < -0.4 is 5.32 Å². The number of benzene rings is 1. The number of hydrogen-bond acceptors (Lipinski definition) is 4. The van der Waals surface area contributed by atoms with E-state index in [1.807, 2.05) is 6.92 Å². The fraction of sp³-hybridized carbons (Fsp3) is 0.400. The van der Waals surface area contributed by atoms with Crippen LogP contribution in [0.15, 0.2) is 18.2 Å². The van der Waals surface area contributed by atoms with Crippen LogP contribution in [0.3, 0.4) is 0 Å². The molecule has 2 aromatic rings. The quantitative estimate of drug-likeness (QED) is 0.897. The third-order valence-corrected chi connectivity index (χ3v) is 4.01. The lowest BCUT2D eigenvalue weighted by atomic mass is 10.1. The van der Waals surface area contributed by atoms with Crippen LogP contribution in [0.4, 0.5) is 4.39 Å². The second-order valence-electron chi connectivity index (χ2n) is 5.41. The molecule has 6 nitrogen and oxygen atoms in total. The minimum absolute atomic E-state index is 0.0870. The topological polar surface area (TPSA) is 79.9 Å². The van der Waals surface area contributed by atoms with Crippen LogP contribution in [-0.2, 0) is 4.74 Å². The molecule has 2 heterocycles. The summed E-state index contributed by atoms with van der Waals surface area (Å²) >= 11 is 5.87. The Morgan fingerprint density at radius 1 is 1.52 bits per heavy atom. The molecule has 0 radical (unpaired) electrons. The van der Waals surface area contributed by atoms with Gasteiger partial charge < -0.3 is 10.1 Å². The van der Waals surface area contributed by atoms with Gasteiger partial charge in [-0.1, -0.05) is 17.7 Å². The molecule has 2 atom stereocenters. The lowest BCUT2D eigenvalue weighted by molar-refractivity contribution is 0.0391. The molecule has 0 saturated carbocycles. The van der Waals surface area contributed by atoms with Crippen molar-refractivity contribution in [3.8, 4) is 0 Å². The van der Waals surface area contributed by atoms with E-state index >= 15 is 0 Å². The Morgan fingerprint density at radius 2 is 2.35 bits per heavy atom. The summed E-state index contributed by atoms with van der Waals surface area (Å²) in [7, 11) is 0. The van der Waals surface area contributed by atoms with E-state index in [1.54, 1.807) is 0 Å². The zero-order chi connectivity index (χ0) is 16.4. The van der Waals surface area contributed by atoms with E-state index < -0.39 is 11.7 Å². The summed E-state index contributed by atoms with van der Waals surface area (Å²) < 4.78 is 19.5. The molecule has 1 amide bonds. The molecule has 1 aromatic heterocycles. The molecule has 1 aromatic carbocycles. The van der Waals surface area contributed by atoms with Crippen LogP contribution in [-0.4, -0.2) is 33.7 Å². The highest BCUT2D eigenvalue weighted by atomic mass is 35.5. The maximum Gasteiger partial charge on any atom is 0.255 e. The minimum Gasteiger partial charge on any atom is -0.365 e. The van der Waals surface area contributed by atoms with Gasteiger partial charge in [0.15, 0.2) is 5.82 Å². The second kappa shape index (κ2) is 6.64. The van der Waals surface area contributed by atoms with Gasteiger partial charge in [-0.05, 0) is 31.9 Å². The first kappa shape index (κ1) is 15.9. The summed E-state index contributed by atoms with van der Waals surface area (Å²) in [6.45, 7) is 2.10. The van der Waals surface area contributed by atoms with Crippen molar-refractivity contribution in [2.75, 3.05) is 6.54 Å². The largest absolute Gasteiger partial charge is 0.365 e. The normalized spacial score (nSPS) is 20.7. The maximum absolute atomic E-state index is 13.7. The fourth-order valence-electron chi connectivity index (χ4n) is 2.56. The first-order chi connectivity index (χ1) is 11.0. The number of H-pyrrole nitrogens is 1. The van der Waals surface area contributed by atoms with E-state index in [4.69, 9.17) is 16.3 Å². The smallest absolute Gasteiger partial charge is 0.255 e. The number of aromatic nitrogens is 3. The predicted octanol–water partition coefficient (Wildman–Crippen LogP) is 2.56. The lowest BCUT2D eigenvalue weighted by Gasteiger charge is -2.13. The number of ether oxygens (including phenoxy) is 1. The highest BCUT2D eigenvalue weighted by molar-refractivity contribution is 6.33. The number of amides is 1. The highest BCUT2D eigenvalue weighted by Gasteiger charge is 2.29. The van der Waals surface area contributed by atoms with Gasteiger partial charge in [0.2, 0.25) is 0 Å². The van der Waals surface area contributed by atoms with Crippen LogP contribution in [0.25, 0.3) is 0 Å². The van der Waals surface area contributed by atoms with E-state index in [1.165, 1.54) is 18.2 Å². The van der Waals surface area contributed by atoms with Crippen LogP contribution in [0.2, 0.25) is 5.02 Å². The Morgan fingerprint density at radius 3 is 3.04 bits per heavy atom. The number of aromatic amines is 1. The van der Waals surface area contributed by atoms with E-state index in [2.05, 4.69) is 20.5 Å². The molecule has 3 rings (SSSR count). The van der Waals surface area contributed by atoms with Crippen LogP contribution in [0.1, 0.15) is 41.0 Å². The van der Waals surface area contributed by atoms with Gasteiger partial charge in [0.1, 0.15) is 17.7 Å². The zero-order valence-electron chi connectivity index (χ0n) is 12.5. The standard InChI is InChI=1S/C15H16ClFN4O2/c1-8-19-14(21-20-8)12-6-5-9(23-12)7-18-15(22)13-10(16)3-2-4-11(13)17/h2-4,9,12H,5-7H2,1H3,(H,18,22)(H,19,20,21)/t9-,12+/m1/s1. The third kappa shape index (κ3) is 3.51. The average Bonchev–Trinajstić information content (AvgIpc) is 3.13. The van der Waals surface area contributed by atoms with Crippen LogP contribution in [0.5, 0.6) is 0 Å². The molecule has 1 aliphatic heterocycles. The maximum atomic E-state index is 13.7. The first-order valence-corrected chi connectivity index (χ1v) is 7.69. The van der Waals surface area contributed by atoms with Gasteiger partial charge in [-0.25, -0.2) is 9.37 Å². The van der Waals surface area contributed by atoms with Crippen molar-refractivity contribution in [2.45, 2.75) is 32.0 Å². The molecule has 0 aliphatic carbocycles. The monoisotopic (exact) mass is 338 g/mol. The zero-order valence-corrected chi connectivity index (χ0v) is 13.2. The lowest BCUT2D eigenvalue weighted by Crippen LogP contribution is -2.32. The van der Waals surface area contributed by atoms with Crippen molar-refractivity contribution in [1.29, 1.82) is 0 Å². The molecule has 1 fully saturated rings. The molecule has 1 saturated heterocycles. The Labute approximate surface area is 137 Å². The molecular weight excluding hydrogens is 323 g/mol. The number of halogens is 2. The van der Waals surface area contributed by atoms with Gasteiger partial charge in [0.25, 0.3) is 5.91 Å². The van der Waals surface area contributed by atoms with Crippen molar-refractivity contribution in [1.82, 2.24) is 20.5 Å². The SMILES string of the molecule is Cc1nc([C@@H]2CC[C@H](CNC(=O)c3c(F)cccc3Cl)O2)n[nH]1. The van der Waals surface area contributed by atoms with Crippen molar-refractivity contribution in [3.05, 3.63) is 46.3 Å². The van der Waals surface area contributed by atoms with Crippen LogP contribution >= 0.6 is 11.6 Å². The molecule has 2 N–H and O–H groups in total. The number of carbonyl (C=O) groups is 1. The summed E-state index contributed by atoms with van der Waals surface area (Å²) in [5, 5.41) is 9.61. The number of nitrogens with zero attached hydrogens (tertiary/aromatic N) is 2. The van der Waals surface area contributed by atoms with Crippen molar-refractivity contribution in [3.63, 3.8) is 0 Å². The van der Waals surface area contributed by atoms with Crippen molar-refractivity contribution >= 4 is 17.5 Å². The summed E-state index contributed by atoms with van der Waals surface area (Å²) in [6, 6.07) is 4.14. The Bertz CT molecular complexity index is 701. The number of hydrogen-bond donors (Lipinski definition) is 2. The first-order valence-electron chi connectivity index (χ1n) is 7.31. The Balaban J connectivity index is 1.56. The Hall–Kier alpha value is -1.99. The van der Waals surface area contributed by atoms with E-state index in [0.717, 1.165) is 18.7 Å². The molecule has 0 bridgehead atoms. The molecule has 8 heteroatoms. The van der Waals surface area contributed by atoms with Gasteiger partial charge in [0.05, 0.1) is 16.7 Å². The van der Waals surface area contributed by atoms with Gasteiger partial charge in [-0.3, -0.25) is 9.89 Å². The van der Waals surface area contributed by atoms with Crippen LogP contribution in [0, 0.1) is 12.7 Å². The van der Waals surface area contributed by atoms with Gasteiger partial charge in [-0.2, -0.15) is 5.10 Å². The molecule has 0 unspecified atom stereocenters. The molecule has 23 heavy (non-hydrogen) atoms. The van der Waals surface area contributed by atoms with E-state index in [9.17, 15) is 9.18 Å². The molecular formula is C15H16ClFN4O2. The van der Waals surface area contributed by atoms with Gasteiger partial charge >= 0.3 is 0 Å². The summed E-state index contributed by atoms with van der Waals surface area (Å²) in [6.07, 6.45) is 1.20. The Kier molecular flexibility index (Phi) is 4.58. The summed E-state index contributed by atoms with van der Waals surface area (Å²) in [5.74, 6) is 0.160. The molecule has 1 aliphatic rings.